The molecule has 1 amide bonds. The standard InChI is InChI=1S/C22H24N2O/c1-16-8-9-17(2)21(12-16)23-22(25)15-24(3)14-18-10-11-19-6-4-5-7-20(19)13-18/h4-13H,14-15H2,1-3H3,(H,23,25). The van der Waals surface area contributed by atoms with Crippen LogP contribution in [0.5, 0.6) is 0 Å². The molecule has 0 heterocycles. The zero-order chi connectivity index (χ0) is 17.8. The molecule has 0 unspecified atom stereocenters. The number of carbonyl (C=O) groups is 1. The van der Waals surface area contributed by atoms with E-state index >= 15 is 0 Å². The molecule has 25 heavy (non-hydrogen) atoms. The highest BCUT2D eigenvalue weighted by atomic mass is 16.2. The minimum atomic E-state index is 0.0111. The van der Waals surface area contributed by atoms with Gasteiger partial charge >= 0.3 is 0 Å². The van der Waals surface area contributed by atoms with E-state index in [-0.39, 0.29) is 5.91 Å². The van der Waals surface area contributed by atoms with Crippen molar-refractivity contribution < 1.29 is 4.79 Å². The maximum Gasteiger partial charge on any atom is 0.238 e. The number of nitrogens with zero attached hydrogens (tertiary/aromatic N) is 1. The number of hydrogen-bond acceptors (Lipinski definition) is 2. The van der Waals surface area contributed by atoms with Gasteiger partial charge in [-0.3, -0.25) is 9.69 Å². The van der Waals surface area contributed by atoms with Crippen LogP contribution in [0.25, 0.3) is 10.8 Å². The smallest absolute Gasteiger partial charge is 0.238 e. The summed E-state index contributed by atoms with van der Waals surface area (Å²) in [5, 5.41) is 5.48. The highest BCUT2D eigenvalue weighted by Gasteiger charge is 2.09. The Labute approximate surface area is 149 Å². The lowest BCUT2D eigenvalue weighted by Gasteiger charge is -2.17. The number of anilines is 1. The Morgan fingerprint density at radius 1 is 0.960 bits per heavy atom. The molecule has 0 atom stereocenters. The van der Waals surface area contributed by atoms with Crippen LogP contribution in [0.4, 0.5) is 5.69 Å². The van der Waals surface area contributed by atoms with E-state index in [1.54, 1.807) is 0 Å². The van der Waals surface area contributed by atoms with Gasteiger partial charge in [-0.2, -0.15) is 0 Å². The van der Waals surface area contributed by atoms with Crippen molar-refractivity contribution >= 4 is 22.4 Å². The number of carbonyl (C=O) groups excluding carboxylic acids is 1. The largest absolute Gasteiger partial charge is 0.325 e. The average molecular weight is 332 g/mol. The molecular weight excluding hydrogens is 308 g/mol. The van der Waals surface area contributed by atoms with E-state index in [9.17, 15) is 4.79 Å². The Morgan fingerprint density at radius 3 is 2.52 bits per heavy atom. The van der Waals surface area contributed by atoms with Crippen LogP contribution in [0, 0.1) is 13.8 Å². The number of benzene rings is 3. The van der Waals surface area contributed by atoms with E-state index in [1.165, 1.54) is 16.3 Å². The minimum Gasteiger partial charge on any atom is -0.325 e. The van der Waals surface area contributed by atoms with Gasteiger partial charge in [-0.25, -0.2) is 0 Å². The van der Waals surface area contributed by atoms with Crippen molar-refractivity contribution in [3.05, 3.63) is 77.4 Å². The molecule has 3 rings (SSSR count). The van der Waals surface area contributed by atoms with Crippen LogP contribution >= 0.6 is 0 Å². The van der Waals surface area contributed by atoms with Crippen molar-refractivity contribution in [2.75, 3.05) is 18.9 Å². The Bertz CT molecular complexity index is 901. The molecule has 0 aliphatic carbocycles. The molecule has 0 saturated carbocycles. The molecule has 0 saturated heterocycles. The number of fused-ring (bicyclic) bond motifs is 1. The third-order valence-corrected chi connectivity index (χ3v) is 4.35. The van der Waals surface area contributed by atoms with Crippen LogP contribution in [0.15, 0.2) is 60.7 Å². The zero-order valence-electron chi connectivity index (χ0n) is 15.0. The second-order valence-corrected chi connectivity index (χ2v) is 6.72. The van der Waals surface area contributed by atoms with Gasteiger partial charge in [0.2, 0.25) is 5.91 Å². The summed E-state index contributed by atoms with van der Waals surface area (Å²) >= 11 is 0. The van der Waals surface area contributed by atoms with Crippen molar-refractivity contribution in [2.24, 2.45) is 0 Å². The second-order valence-electron chi connectivity index (χ2n) is 6.72. The summed E-state index contributed by atoms with van der Waals surface area (Å²) in [5.41, 5.74) is 4.33. The zero-order valence-corrected chi connectivity index (χ0v) is 15.0. The Hall–Kier alpha value is -2.65. The van der Waals surface area contributed by atoms with Gasteiger partial charge in [0.25, 0.3) is 0 Å². The lowest BCUT2D eigenvalue weighted by molar-refractivity contribution is -0.117. The van der Waals surface area contributed by atoms with E-state index in [1.807, 2.05) is 50.1 Å². The number of rotatable bonds is 5. The first-order chi connectivity index (χ1) is 12.0. The molecular formula is C22H24N2O. The molecule has 3 nitrogen and oxygen atoms in total. The van der Waals surface area contributed by atoms with Gasteiger partial charge in [-0.05, 0) is 60.5 Å². The average Bonchev–Trinajstić information content (AvgIpc) is 2.58. The molecule has 0 aromatic heterocycles. The first kappa shape index (κ1) is 17.2. The van der Waals surface area contributed by atoms with Crippen molar-refractivity contribution in [1.82, 2.24) is 4.90 Å². The summed E-state index contributed by atoms with van der Waals surface area (Å²) in [7, 11) is 1.97. The van der Waals surface area contributed by atoms with E-state index in [2.05, 4.69) is 41.7 Å². The Kier molecular flexibility index (Phi) is 5.15. The molecule has 0 aliphatic heterocycles. The molecule has 3 aromatic rings. The summed E-state index contributed by atoms with van der Waals surface area (Å²) in [5.74, 6) is 0.0111. The van der Waals surface area contributed by atoms with Crippen LogP contribution in [-0.4, -0.2) is 24.4 Å². The van der Waals surface area contributed by atoms with Crippen molar-refractivity contribution in [3.8, 4) is 0 Å². The van der Waals surface area contributed by atoms with Crippen LogP contribution in [0.3, 0.4) is 0 Å². The van der Waals surface area contributed by atoms with Crippen molar-refractivity contribution in [1.29, 1.82) is 0 Å². The van der Waals surface area contributed by atoms with Crippen molar-refractivity contribution in [3.63, 3.8) is 0 Å². The molecule has 3 heteroatoms. The predicted molar refractivity (Wildman–Crippen MR) is 105 cm³/mol. The maximum absolute atomic E-state index is 12.3. The normalized spacial score (nSPS) is 11.0. The maximum atomic E-state index is 12.3. The summed E-state index contributed by atoms with van der Waals surface area (Å²) in [4.78, 5) is 14.4. The van der Waals surface area contributed by atoms with Crippen LogP contribution in [0.2, 0.25) is 0 Å². The quantitative estimate of drug-likeness (QED) is 0.744. The fourth-order valence-corrected chi connectivity index (χ4v) is 3.01. The third kappa shape index (κ3) is 4.46. The molecule has 0 fully saturated rings. The number of likely N-dealkylation sites (N-methyl/N-ethyl adjacent to an activating group) is 1. The second kappa shape index (κ2) is 7.49. The summed E-state index contributed by atoms with van der Waals surface area (Å²) in [6.45, 7) is 5.14. The summed E-state index contributed by atoms with van der Waals surface area (Å²) in [6.07, 6.45) is 0. The van der Waals surface area contributed by atoms with E-state index in [0.29, 0.717) is 6.54 Å². The fraction of sp³-hybridized carbons (Fsp3) is 0.227. The van der Waals surface area contributed by atoms with E-state index < -0.39 is 0 Å². The van der Waals surface area contributed by atoms with Gasteiger partial charge in [0.1, 0.15) is 0 Å². The monoisotopic (exact) mass is 332 g/mol. The Morgan fingerprint density at radius 2 is 1.72 bits per heavy atom. The molecule has 0 aliphatic rings. The molecule has 1 N–H and O–H groups in total. The van der Waals surface area contributed by atoms with Gasteiger partial charge in [0.05, 0.1) is 6.54 Å². The highest BCUT2D eigenvalue weighted by Crippen LogP contribution is 2.18. The van der Waals surface area contributed by atoms with Crippen LogP contribution < -0.4 is 5.32 Å². The van der Waals surface area contributed by atoms with Gasteiger partial charge < -0.3 is 5.32 Å². The SMILES string of the molecule is Cc1ccc(C)c(NC(=O)CN(C)Cc2ccc3ccccc3c2)c1. The van der Waals surface area contributed by atoms with Crippen LogP contribution in [0.1, 0.15) is 16.7 Å². The van der Waals surface area contributed by atoms with E-state index in [0.717, 1.165) is 23.4 Å². The number of nitrogens with one attached hydrogen (secondary N) is 1. The topological polar surface area (TPSA) is 32.3 Å². The molecule has 0 radical (unpaired) electrons. The molecule has 128 valence electrons. The predicted octanol–water partition coefficient (Wildman–Crippen LogP) is 4.53. The summed E-state index contributed by atoms with van der Waals surface area (Å²) < 4.78 is 0. The molecule has 0 bridgehead atoms. The van der Waals surface area contributed by atoms with Crippen molar-refractivity contribution in [2.45, 2.75) is 20.4 Å². The van der Waals surface area contributed by atoms with E-state index in [4.69, 9.17) is 0 Å². The minimum absolute atomic E-state index is 0.0111. The van der Waals surface area contributed by atoms with Gasteiger partial charge in [0, 0.05) is 12.2 Å². The first-order valence-corrected chi connectivity index (χ1v) is 8.54. The summed E-state index contributed by atoms with van der Waals surface area (Å²) in [6, 6.07) is 20.9. The number of aryl methyl sites for hydroxylation is 2. The van der Waals surface area contributed by atoms with Gasteiger partial charge in [-0.1, -0.05) is 48.5 Å². The first-order valence-electron chi connectivity index (χ1n) is 8.54. The lowest BCUT2D eigenvalue weighted by Crippen LogP contribution is -2.30. The Balaban J connectivity index is 1.62. The third-order valence-electron chi connectivity index (χ3n) is 4.35. The van der Waals surface area contributed by atoms with Gasteiger partial charge in [0.15, 0.2) is 0 Å². The number of amides is 1. The lowest BCUT2D eigenvalue weighted by atomic mass is 10.1. The van der Waals surface area contributed by atoms with Crippen LogP contribution in [-0.2, 0) is 11.3 Å². The highest BCUT2D eigenvalue weighted by molar-refractivity contribution is 5.93. The molecule has 3 aromatic carbocycles. The van der Waals surface area contributed by atoms with Gasteiger partial charge in [-0.15, -0.1) is 0 Å². The fourth-order valence-electron chi connectivity index (χ4n) is 3.01. The molecule has 0 spiro atoms. The number of hydrogen-bond donors (Lipinski definition) is 1.